The second-order valence-corrected chi connectivity index (χ2v) is 7.86. The molecule has 0 radical (unpaired) electrons. The van der Waals surface area contributed by atoms with Crippen molar-refractivity contribution in [1.82, 2.24) is 19.7 Å². The fourth-order valence-corrected chi connectivity index (χ4v) is 3.24. The lowest BCUT2D eigenvalue weighted by atomic mass is 9.94. The van der Waals surface area contributed by atoms with E-state index in [4.69, 9.17) is 5.73 Å². The van der Waals surface area contributed by atoms with E-state index in [0.29, 0.717) is 0 Å². The van der Waals surface area contributed by atoms with E-state index in [9.17, 15) is 32.4 Å². The lowest BCUT2D eigenvalue weighted by Crippen LogP contribution is -2.39. The topological polar surface area (TPSA) is 130 Å². The van der Waals surface area contributed by atoms with Crippen LogP contribution in [0.25, 0.3) is 0 Å². The third-order valence-corrected chi connectivity index (χ3v) is 5.26. The van der Waals surface area contributed by atoms with Gasteiger partial charge >= 0.3 is 6.18 Å². The zero-order chi connectivity index (χ0) is 25.5. The highest BCUT2D eigenvalue weighted by molar-refractivity contribution is 5.98. The van der Waals surface area contributed by atoms with Gasteiger partial charge in [0, 0.05) is 43.7 Å². The highest BCUT2D eigenvalue weighted by Crippen LogP contribution is 2.29. The number of carbonyl (C=O) groups is 2. The van der Waals surface area contributed by atoms with Crippen molar-refractivity contribution in [2.24, 2.45) is 5.73 Å². The molecule has 0 fully saturated rings. The third kappa shape index (κ3) is 7.16. The summed E-state index contributed by atoms with van der Waals surface area (Å²) in [7, 11) is 0. The maximum absolute atomic E-state index is 13.4. The minimum Gasteiger partial charge on any atom is -0.365 e. The van der Waals surface area contributed by atoms with Crippen LogP contribution >= 0.6 is 0 Å². The molecule has 184 valence electrons. The molecule has 1 unspecified atom stereocenters. The predicted octanol–water partition coefficient (Wildman–Crippen LogP) is 3.47. The molecule has 2 aromatic heterocycles. The number of primary amides is 1. The van der Waals surface area contributed by atoms with Crippen molar-refractivity contribution < 1.29 is 27.2 Å². The van der Waals surface area contributed by atoms with Gasteiger partial charge in [0.05, 0.1) is 24.4 Å². The summed E-state index contributed by atoms with van der Waals surface area (Å²) in [5, 5.41) is 16.5. The first-order valence-corrected chi connectivity index (χ1v) is 10.4. The van der Waals surface area contributed by atoms with Crippen molar-refractivity contribution in [2.45, 2.75) is 51.2 Å². The van der Waals surface area contributed by atoms with Crippen LogP contribution in [0, 0.1) is 17.3 Å². The first-order valence-electron chi connectivity index (χ1n) is 10.4. The first-order chi connectivity index (χ1) is 15.9. The van der Waals surface area contributed by atoms with Gasteiger partial charge in [0.25, 0.3) is 5.91 Å². The number of nitrogens with zero attached hydrogens (tertiary/aromatic N) is 5. The van der Waals surface area contributed by atoms with Gasteiger partial charge in [-0.25, -0.2) is 4.98 Å². The van der Waals surface area contributed by atoms with Crippen LogP contribution in [0.15, 0.2) is 24.5 Å². The molecular formula is C21H25F4N7O2. The van der Waals surface area contributed by atoms with Gasteiger partial charge in [-0.15, -0.1) is 0 Å². The van der Waals surface area contributed by atoms with E-state index < -0.39 is 42.3 Å². The van der Waals surface area contributed by atoms with Crippen LogP contribution in [0.4, 0.5) is 29.1 Å². The van der Waals surface area contributed by atoms with Crippen LogP contribution in [-0.2, 0) is 10.3 Å². The average molecular weight is 483 g/mol. The third-order valence-electron chi connectivity index (χ3n) is 5.26. The molecule has 0 aliphatic carbocycles. The summed E-state index contributed by atoms with van der Waals surface area (Å²) in [5.41, 5.74) is 4.66. The number of alkyl halides is 3. The Morgan fingerprint density at radius 1 is 1.32 bits per heavy atom. The van der Waals surface area contributed by atoms with E-state index in [0.717, 1.165) is 6.07 Å². The van der Waals surface area contributed by atoms with Gasteiger partial charge in [0.2, 0.25) is 11.9 Å². The zero-order valence-corrected chi connectivity index (χ0v) is 18.7. The maximum Gasteiger partial charge on any atom is 0.389 e. The van der Waals surface area contributed by atoms with E-state index >= 15 is 0 Å². The van der Waals surface area contributed by atoms with Crippen molar-refractivity contribution in [2.75, 3.05) is 18.4 Å². The molecule has 2 aromatic rings. The quantitative estimate of drug-likeness (QED) is 0.372. The molecule has 0 bridgehead atoms. The summed E-state index contributed by atoms with van der Waals surface area (Å²) in [6.07, 6.45) is -3.69. The Morgan fingerprint density at radius 3 is 2.59 bits per heavy atom. The number of pyridine rings is 1. The van der Waals surface area contributed by atoms with E-state index in [1.54, 1.807) is 13.8 Å². The molecule has 0 saturated carbocycles. The van der Waals surface area contributed by atoms with Gasteiger partial charge in [-0.2, -0.15) is 27.9 Å². The van der Waals surface area contributed by atoms with Crippen molar-refractivity contribution >= 4 is 23.3 Å². The maximum atomic E-state index is 13.4. The van der Waals surface area contributed by atoms with Gasteiger partial charge < -0.3 is 16.0 Å². The first kappa shape index (κ1) is 26.6. The summed E-state index contributed by atoms with van der Waals surface area (Å²) in [6, 6.07) is 4.57. The average Bonchev–Trinajstić information content (AvgIpc) is 3.17. The molecule has 2 rings (SSSR count). The highest BCUT2D eigenvalue weighted by Gasteiger charge is 2.32. The molecular weight excluding hydrogens is 458 g/mol. The molecule has 0 saturated heterocycles. The Kier molecular flexibility index (Phi) is 8.56. The molecule has 3 N–H and O–H groups in total. The molecule has 2 heterocycles. The summed E-state index contributed by atoms with van der Waals surface area (Å²) in [4.78, 5) is 28.9. The van der Waals surface area contributed by atoms with Crippen molar-refractivity contribution in [1.29, 1.82) is 5.26 Å². The van der Waals surface area contributed by atoms with Crippen molar-refractivity contribution in [3.8, 4) is 6.07 Å². The molecule has 0 aromatic carbocycles. The lowest BCUT2D eigenvalue weighted by molar-refractivity contribution is -0.149. The largest absolute Gasteiger partial charge is 0.389 e. The highest BCUT2D eigenvalue weighted by atomic mass is 19.4. The Balaban J connectivity index is 2.27. The monoisotopic (exact) mass is 483 g/mol. The normalized spacial score (nSPS) is 13.1. The molecule has 9 nitrogen and oxygen atoms in total. The number of rotatable bonds is 11. The van der Waals surface area contributed by atoms with E-state index in [-0.39, 0.29) is 43.0 Å². The zero-order valence-electron chi connectivity index (χ0n) is 18.7. The second kappa shape index (κ2) is 11.0. The molecule has 34 heavy (non-hydrogen) atoms. The number of anilines is 2. The Morgan fingerprint density at radius 2 is 2.03 bits per heavy atom. The number of hydrogen-bond donors (Lipinski definition) is 2. The summed E-state index contributed by atoms with van der Waals surface area (Å²) in [6.45, 7) is 3.56. The Bertz CT molecular complexity index is 1060. The number of aromatic nitrogens is 3. The second-order valence-electron chi connectivity index (χ2n) is 7.86. The van der Waals surface area contributed by atoms with E-state index in [2.05, 4.69) is 15.4 Å². The minimum absolute atomic E-state index is 0.0185. The van der Waals surface area contributed by atoms with Gasteiger partial charge in [-0.1, -0.05) is 0 Å². The standard InChI is InChI=1S/C21H25F4N7O2/c1-3-31(17(33)4-6-21(23,24)25)11-8-20(2,7-9-26)32-13-15(18(27)34)19(30-32)29-14-5-10-28-16(22)12-14/h5,10,12-13H,3-4,6-8,11H2,1-2H3,(H2,27,34)(H,28,29,30). The summed E-state index contributed by atoms with van der Waals surface area (Å²) in [5.74, 6) is -2.20. The Labute approximate surface area is 193 Å². The lowest BCUT2D eigenvalue weighted by Gasteiger charge is -2.31. The summed E-state index contributed by atoms with van der Waals surface area (Å²) >= 11 is 0. The van der Waals surface area contributed by atoms with Gasteiger partial charge in [-0.3, -0.25) is 14.3 Å². The molecule has 0 aliphatic heterocycles. The fourth-order valence-electron chi connectivity index (χ4n) is 3.24. The van der Waals surface area contributed by atoms with E-state index in [1.165, 1.54) is 28.0 Å². The molecule has 0 spiro atoms. The van der Waals surface area contributed by atoms with Crippen molar-refractivity contribution in [3.63, 3.8) is 0 Å². The molecule has 2 amide bonds. The van der Waals surface area contributed by atoms with Crippen LogP contribution in [-0.4, -0.2) is 50.7 Å². The van der Waals surface area contributed by atoms with Gasteiger partial charge in [0.1, 0.15) is 5.56 Å². The SMILES string of the molecule is CCN(CCC(C)(CC#N)n1cc(C(N)=O)c(Nc2ccnc(F)c2)n1)C(=O)CCC(F)(F)F. The molecule has 13 heteroatoms. The van der Waals surface area contributed by atoms with Gasteiger partial charge in [0.15, 0.2) is 5.82 Å². The summed E-state index contributed by atoms with van der Waals surface area (Å²) < 4.78 is 52.2. The van der Waals surface area contributed by atoms with E-state index in [1.807, 2.05) is 6.07 Å². The smallest absolute Gasteiger partial charge is 0.365 e. The van der Waals surface area contributed by atoms with Crippen LogP contribution in [0.5, 0.6) is 0 Å². The number of hydrogen-bond acceptors (Lipinski definition) is 6. The molecule has 0 aliphatic rings. The number of nitrogens with one attached hydrogen (secondary N) is 1. The van der Waals surface area contributed by atoms with Crippen LogP contribution in [0.3, 0.4) is 0 Å². The van der Waals surface area contributed by atoms with Crippen LogP contribution in [0.1, 0.15) is 49.9 Å². The fraction of sp³-hybridized carbons (Fsp3) is 0.476. The number of carbonyl (C=O) groups excluding carboxylic acids is 2. The number of nitriles is 1. The predicted molar refractivity (Wildman–Crippen MR) is 114 cm³/mol. The Hall–Kier alpha value is -3.69. The number of amides is 2. The van der Waals surface area contributed by atoms with Crippen LogP contribution in [0.2, 0.25) is 0 Å². The van der Waals surface area contributed by atoms with Crippen molar-refractivity contribution in [3.05, 3.63) is 36.0 Å². The number of nitrogens with two attached hydrogens (primary N) is 1. The number of halogens is 4. The minimum atomic E-state index is -4.44. The van der Waals surface area contributed by atoms with Gasteiger partial charge in [-0.05, 0) is 26.3 Å². The van der Waals surface area contributed by atoms with Crippen LogP contribution < -0.4 is 11.1 Å². The molecule has 1 atom stereocenters.